The average Bonchev–Trinajstić information content (AvgIpc) is 3.10. The van der Waals surface area contributed by atoms with Gasteiger partial charge in [-0.25, -0.2) is 13.6 Å². The van der Waals surface area contributed by atoms with Crippen molar-refractivity contribution in [3.63, 3.8) is 0 Å². The number of fused-ring (bicyclic) bond motifs is 2. The Bertz CT molecular complexity index is 1250. The predicted molar refractivity (Wildman–Crippen MR) is 101 cm³/mol. The first-order chi connectivity index (χ1) is 14.0. The van der Waals surface area contributed by atoms with Gasteiger partial charge < -0.3 is 19.7 Å². The number of aromatic carboxylic acids is 1. The fourth-order valence-corrected chi connectivity index (χ4v) is 3.98. The van der Waals surface area contributed by atoms with Crippen LogP contribution in [0.4, 0.5) is 8.78 Å². The third-order valence-corrected chi connectivity index (χ3v) is 5.58. The topological polar surface area (TPSA) is 80.6 Å². The van der Waals surface area contributed by atoms with Crippen LogP contribution in [0.15, 0.2) is 35.3 Å². The van der Waals surface area contributed by atoms with E-state index in [1.807, 2.05) is 6.07 Å². The molecule has 1 saturated heterocycles. The van der Waals surface area contributed by atoms with Crippen LogP contribution in [-0.4, -0.2) is 28.9 Å². The second kappa shape index (κ2) is 6.47. The van der Waals surface area contributed by atoms with E-state index >= 15 is 4.39 Å². The van der Waals surface area contributed by atoms with Crippen molar-refractivity contribution in [2.24, 2.45) is 0 Å². The van der Waals surface area contributed by atoms with Crippen molar-refractivity contribution in [1.29, 1.82) is 0 Å². The highest BCUT2D eigenvalue weighted by molar-refractivity contribution is 5.94. The monoisotopic (exact) mass is 398 g/mol. The molecular formula is C21H16F2N2O4. The van der Waals surface area contributed by atoms with E-state index in [1.165, 1.54) is 4.57 Å². The van der Waals surface area contributed by atoms with Crippen molar-refractivity contribution in [3.05, 3.63) is 69.0 Å². The molecule has 0 radical (unpaired) electrons. The molecule has 148 valence electrons. The zero-order valence-electron chi connectivity index (χ0n) is 15.2. The number of nitrogens with zero attached hydrogens (tertiary/aromatic N) is 1. The highest BCUT2D eigenvalue weighted by Gasteiger charge is 2.28. The standard InChI is InChI=1S/C21H16F2N2O4/c22-16-4-14-19(25(13-8-29-9-13)7-15(20(14)26)21(27)28)18(23)17(16)10-1-2-11-5-24-6-12(11)3-10/h1-4,7,13,24H,5-6,8-9H2,(H,27,28). The minimum Gasteiger partial charge on any atom is -0.477 e. The summed E-state index contributed by atoms with van der Waals surface area (Å²) in [5, 5.41) is 12.2. The second-order valence-electron chi connectivity index (χ2n) is 7.31. The Balaban J connectivity index is 1.82. The number of benzene rings is 2. The molecule has 0 aliphatic carbocycles. The van der Waals surface area contributed by atoms with Gasteiger partial charge in [-0.2, -0.15) is 0 Å². The lowest BCUT2D eigenvalue weighted by molar-refractivity contribution is -0.0219. The third-order valence-electron chi connectivity index (χ3n) is 5.58. The number of carboxylic acids is 1. The largest absolute Gasteiger partial charge is 0.477 e. The molecule has 29 heavy (non-hydrogen) atoms. The zero-order valence-corrected chi connectivity index (χ0v) is 15.2. The van der Waals surface area contributed by atoms with Crippen molar-refractivity contribution in [2.45, 2.75) is 19.1 Å². The predicted octanol–water partition coefficient (Wildman–Crippen LogP) is 2.82. The molecule has 5 rings (SSSR count). The number of hydrogen-bond donors (Lipinski definition) is 2. The lowest BCUT2D eigenvalue weighted by Crippen LogP contribution is -2.33. The Labute approximate surface area is 163 Å². The van der Waals surface area contributed by atoms with Crippen molar-refractivity contribution < 1.29 is 23.4 Å². The van der Waals surface area contributed by atoms with E-state index in [0.717, 1.165) is 23.4 Å². The summed E-state index contributed by atoms with van der Waals surface area (Å²) in [5.74, 6) is -3.23. The first kappa shape index (κ1) is 18.0. The number of rotatable bonds is 3. The summed E-state index contributed by atoms with van der Waals surface area (Å²) >= 11 is 0. The molecule has 0 unspecified atom stereocenters. The number of carboxylic acid groups (broad SMARTS) is 1. The highest BCUT2D eigenvalue weighted by atomic mass is 19.1. The number of hydrogen-bond acceptors (Lipinski definition) is 4. The van der Waals surface area contributed by atoms with Gasteiger partial charge in [0.25, 0.3) is 0 Å². The van der Waals surface area contributed by atoms with Crippen LogP contribution in [0.1, 0.15) is 27.5 Å². The molecule has 3 heterocycles. The number of aromatic nitrogens is 1. The number of nitrogens with one attached hydrogen (secondary N) is 1. The minimum absolute atomic E-state index is 0.108. The summed E-state index contributed by atoms with van der Waals surface area (Å²) in [4.78, 5) is 24.1. The minimum atomic E-state index is -1.44. The van der Waals surface area contributed by atoms with Gasteiger partial charge in [0.2, 0.25) is 5.43 Å². The second-order valence-corrected chi connectivity index (χ2v) is 7.31. The summed E-state index contributed by atoms with van der Waals surface area (Å²) in [5.41, 5.74) is 0.631. The van der Waals surface area contributed by atoms with Crippen LogP contribution in [0.2, 0.25) is 0 Å². The smallest absolute Gasteiger partial charge is 0.341 e. The summed E-state index contributed by atoms with van der Waals surface area (Å²) in [6, 6.07) is 5.83. The number of carbonyl (C=O) groups is 1. The Kier molecular flexibility index (Phi) is 4.01. The Hall–Kier alpha value is -3.10. The Morgan fingerprint density at radius 2 is 1.93 bits per heavy atom. The van der Waals surface area contributed by atoms with Gasteiger partial charge in [-0.1, -0.05) is 12.1 Å². The molecular weight excluding hydrogens is 382 g/mol. The SMILES string of the molecule is O=C(O)c1cn(C2COC2)c2c(F)c(-c3ccc4c(c3)CNC4)c(F)cc2c1=O. The van der Waals surface area contributed by atoms with Gasteiger partial charge in [0, 0.05) is 19.3 Å². The van der Waals surface area contributed by atoms with Crippen molar-refractivity contribution in [2.75, 3.05) is 13.2 Å². The van der Waals surface area contributed by atoms with Gasteiger partial charge in [-0.3, -0.25) is 4.79 Å². The molecule has 2 aliphatic heterocycles. The number of ether oxygens (including phenoxy) is 1. The molecule has 2 N–H and O–H groups in total. The molecule has 2 aliphatic rings. The summed E-state index contributed by atoms with van der Waals surface area (Å²) in [6.07, 6.45) is 1.12. The van der Waals surface area contributed by atoms with E-state index in [4.69, 9.17) is 4.74 Å². The molecule has 0 spiro atoms. The van der Waals surface area contributed by atoms with Gasteiger partial charge in [-0.15, -0.1) is 0 Å². The van der Waals surface area contributed by atoms with E-state index in [1.54, 1.807) is 12.1 Å². The van der Waals surface area contributed by atoms with Crippen LogP contribution in [0, 0.1) is 11.6 Å². The Morgan fingerprint density at radius 3 is 2.62 bits per heavy atom. The van der Waals surface area contributed by atoms with Crippen molar-refractivity contribution in [3.8, 4) is 11.1 Å². The van der Waals surface area contributed by atoms with E-state index in [0.29, 0.717) is 18.7 Å². The maximum absolute atomic E-state index is 15.7. The van der Waals surface area contributed by atoms with Gasteiger partial charge in [-0.05, 0) is 28.8 Å². The molecule has 1 aromatic heterocycles. The van der Waals surface area contributed by atoms with Crippen LogP contribution >= 0.6 is 0 Å². The number of halogens is 2. The quantitative estimate of drug-likeness (QED) is 0.709. The van der Waals surface area contributed by atoms with Gasteiger partial charge >= 0.3 is 5.97 Å². The molecule has 0 saturated carbocycles. The fraction of sp³-hybridized carbons (Fsp3) is 0.238. The summed E-state index contributed by atoms with van der Waals surface area (Å²) in [7, 11) is 0. The van der Waals surface area contributed by atoms with Crippen LogP contribution in [0.25, 0.3) is 22.0 Å². The highest BCUT2D eigenvalue weighted by Crippen LogP contribution is 2.34. The molecule has 0 atom stereocenters. The maximum atomic E-state index is 15.7. The lowest BCUT2D eigenvalue weighted by Gasteiger charge is -2.30. The molecule has 0 bridgehead atoms. The fourth-order valence-electron chi connectivity index (χ4n) is 3.98. The van der Waals surface area contributed by atoms with Gasteiger partial charge in [0.15, 0.2) is 5.82 Å². The van der Waals surface area contributed by atoms with E-state index < -0.39 is 28.6 Å². The first-order valence-corrected chi connectivity index (χ1v) is 9.16. The number of pyridine rings is 1. The molecule has 1 fully saturated rings. The summed E-state index contributed by atoms with van der Waals surface area (Å²) < 4.78 is 37.2. The van der Waals surface area contributed by atoms with Crippen LogP contribution in [0.3, 0.4) is 0 Å². The normalized spacial score (nSPS) is 16.1. The van der Waals surface area contributed by atoms with Crippen LogP contribution < -0.4 is 10.7 Å². The van der Waals surface area contributed by atoms with Crippen molar-refractivity contribution in [1.82, 2.24) is 9.88 Å². The lowest BCUT2D eigenvalue weighted by atomic mass is 9.97. The average molecular weight is 398 g/mol. The van der Waals surface area contributed by atoms with E-state index in [2.05, 4.69) is 5.32 Å². The van der Waals surface area contributed by atoms with Crippen molar-refractivity contribution >= 4 is 16.9 Å². The third kappa shape index (κ3) is 2.67. The zero-order chi connectivity index (χ0) is 20.3. The van der Waals surface area contributed by atoms with Crippen LogP contribution in [0.5, 0.6) is 0 Å². The molecule has 3 aromatic rings. The molecule has 6 nitrogen and oxygen atoms in total. The maximum Gasteiger partial charge on any atom is 0.341 e. The van der Waals surface area contributed by atoms with Gasteiger partial charge in [0.1, 0.15) is 11.4 Å². The summed E-state index contributed by atoms with van der Waals surface area (Å²) in [6.45, 7) is 1.84. The van der Waals surface area contributed by atoms with E-state index in [9.17, 15) is 19.1 Å². The van der Waals surface area contributed by atoms with Crippen LogP contribution in [-0.2, 0) is 17.8 Å². The Morgan fingerprint density at radius 1 is 1.17 bits per heavy atom. The van der Waals surface area contributed by atoms with E-state index in [-0.39, 0.29) is 35.7 Å². The molecule has 8 heteroatoms. The first-order valence-electron chi connectivity index (χ1n) is 9.16. The molecule has 2 aromatic carbocycles. The molecule has 0 amide bonds. The van der Waals surface area contributed by atoms with Gasteiger partial charge in [0.05, 0.1) is 35.7 Å².